The Bertz CT molecular complexity index is 1340. The fourth-order valence-corrected chi connectivity index (χ4v) is 6.39. The standard InChI is InChI=1S/C35H43FN4O3/c1-43-32-9-5-8-27(22-32)35(42)40-21-19-31(23-33(40)34(41)38-30-16-14-29(37)15-17-30)39(20-18-25-6-3-2-4-7-25)24-26-10-12-28(36)13-11-26/h2-13,22,29-31,33H,14-21,23-24,37H2,1H3,(H,38,41)/t29?,30?,31?,33-/m1/s1. The molecule has 3 N–H and O–H groups in total. The Hall–Kier alpha value is -3.75. The van der Waals surface area contributed by atoms with Gasteiger partial charge in [0.1, 0.15) is 17.6 Å². The van der Waals surface area contributed by atoms with Crippen LogP contribution in [0.2, 0.25) is 0 Å². The molecule has 1 unspecified atom stereocenters. The minimum absolute atomic E-state index is 0.0647. The van der Waals surface area contributed by atoms with E-state index in [1.807, 2.05) is 30.3 Å². The molecule has 8 heteroatoms. The predicted molar refractivity (Wildman–Crippen MR) is 166 cm³/mol. The number of likely N-dealkylation sites (tertiary alicyclic amines) is 1. The number of hydrogen-bond acceptors (Lipinski definition) is 5. The maximum atomic E-state index is 13.9. The summed E-state index contributed by atoms with van der Waals surface area (Å²) in [5.74, 6) is 0.0692. The largest absolute Gasteiger partial charge is 0.497 e. The Balaban J connectivity index is 1.38. The van der Waals surface area contributed by atoms with E-state index < -0.39 is 6.04 Å². The Morgan fingerprint density at radius 1 is 0.953 bits per heavy atom. The number of nitrogens with zero attached hydrogens (tertiary/aromatic N) is 2. The summed E-state index contributed by atoms with van der Waals surface area (Å²) in [5, 5.41) is 3.27. The van der Waals surface area contributed by atoms with Gasteiger partial charge in [-0.05, 0) is 86.4 Å². The van der Waals surface area contributed by atoms with Gasteiger partial charge in [-0.1, -0.05) is 48.5 Å². The van der Waals surface area contributed by atoms with Crippen LogP contribution in [-0.4, -0.2) is 66.0 Å². The second-order valence-corrected chi connectivity index (χ2v) is 11.9. The quantitative estimate of drug-likeness (QED) is 0.352. The van der Waals surface area contributed by atoms with Crippen LogP contribution in [-0.2, 0) is 17.8 Å². The van der Waals surface area contributed by atoms with Gasteiger partial charge >= 0.3 is 0 Å². The van der Waals surface area contributed by atoms with Crippen molar-refractivity contribution < 1.29 is 18.7 Å². The van der Waals surface area contributed by atoms with E-state index in [1.54, 1.807) is 36.3 Å². The number of nitrogens with one attached hydrogen (secondary N) is 1. The summed E-state index contributed by atoms with van der Waals surface area (Å²) >= 11 is 0. The van der Waals surface area contributed by atoms with Crippen molar-refractivity contribution in [2.45, 2.75) is 75.7 Å². The summed E-state index contributed by atoms with van der Waals surface area (Å²) in [6, 6.07) is 23.8. The van der Waals surface area contributed by atoms with Gasteiger partial charge in [-0.2, -0.15) is 0 Å². The molecule has 0 radical (unpaired) electrons. The van der Waals surface area contributed by atoms with Gasteiger partial charge < -0.3 is 20.7 Å². The zero-order valence-corrected chi connectivity index (χ0v) is 25.0. The summed E-state index contributed by atoms with van der Waals surface area (Å²) in [6.45, 7) is 1.88. The summed E-state index contributed by atoms with van der Waals surface area (Å²) in [7, 11) is 1.58. The lowest BCUT2D eigenvalue weighted by molar-refractivity contribution is -0.128. The highest BCUT2D eigenvalue weighted by Crippen LogP contribution is 2.28. The number of ether oxygens (including phenoxy) is 1. The number of rotatable bonds is 10. The lowest BCUT2D eigenvalue weighted by atomic mass is 9.90. The van der Waals surface area contributed by atoms with Crippen LogP contribution < -0.4 is 15.8 Å². The predicted octanol–water partition coefficient (Wildman–Crippen LogP) is 4.94. The van der Waals surface area contributed by atoms with Crippen molar-refractivity contribution in [2.75, 3.05) is 20.2 Å². The van der Waals surface area contributed by atoms with E-state index in [2.05, 4.69) is 22.3 Å². The van der Waals surface area contributed by atoms with E-state index in [9.17, 15) is 14.0 Å². The fraction of sp³-hybridized carbons (Fsp3) is 0.429. The highest BCUT2D eigenvalue weighted by atomic mass is 19.1. The molecule has 1 aliphatic heterocycles. The van der Waals surface area contributed by atoms with Crippen LogP contribution in [0.25, 0.3) is 0 Å². The van der Waals surface area contributed by atoms with E-state index in [4.69, 9.17) is 10.5 Å². The molecule has 3 aromatic carbocycles. The average molecular weight is 587 g/mol. The van der Waals surface area contributed by atoms with Crippen LogP contribution >= 0.6 is 0 Å². The topological polar surface area (TPSA) is 87.9 Å². The van der Waals surface area contributed by atoms with Gasteiger partial charge in [0.2, 0.25) is 5.91 Å². The summed E-state index contributed by atoms with van der Waals surface area (Å²) in [5.41, 5.74) is 8.87. The van der Waals surface area contributed by atoms with E-state index in [1.165, 1.54) is 17.7 Å². The molecule has 1 aliphatic carbocycles. The number of amides is 2. The minimum Gasteiger partial charge on any atom is -0.497 e. The van der Waals surface area contributed by atoms with Gasteiger partial charge in [-0.25, -0.2) is 4.39 Å². The van der Waals surface area contributed by atoms with Crippen LogP contribution in [0.15, 0.2) is 78.9 Å². The molecule has 5 rings (SSSR count). The molecule has 0 spiro atoms. The zero-order chi connectivity index (χ0) is 30.2. The Morgan fingerprint density at radius 3 is 2.42 bits per heavy atom. The van der Waals surface area contributed by atoms with Crippen LogP contribution in [0.5, 0.6) is 5.75 Å². The molecule has 2 atom stereocenters. The minimum atomic E-state index is -0.611. The van der Waals surface area contributed by atoms with Crippen molar-refractivity contribution in [3.8, 4) is 5.75 Å². The highest BCUT2D eigenvalue weighted by Gasteiger charge is 2.39. The molecule has 3 aromatic rings. The van der Waals surface area contributed by atoms with Gasteiger partial charge in [0, 0.05) is 43.3 Å². The highest BCUT2D eigenvalue weighted by molar-refractivity contribution is 5.98. The molecular weight excluding hydrogens is 543 g/mol. The number of halogens is 1. The number of benzene rings is 3. The maximum absolute atomic E-state index is 13.9. The first kappa shape index (κ1) is 30.7. The van der Waals surface area contributed by atoms with Gasteiger partial charge in [-0.15, -0.1) is 0 Å². The third-order valence-electron chi connectivity index (χ3n) is 8.92. The third-order valence-corrected chi connectivity index (χ3v) is 8.92. The fourth-order valence-electron chi connectivity index (χ4n) is 6.39. The van der Waals surface area contributed by atoms with Gasteiger partial charge in [0.05, 0.1) is 7.11 Å². The molecule has 2 aliphatic rings. The molecule has 2 fully saturated rings. The van der Waals surface area contributed by atoms with E-state index in [0.717, 1.165) is 50.6 Å². The third kappa shape index (κ3) is 8.21. The lowest BCUT2D eigenvalue weighted by Crippen LogP contribution is -2.58. The second-order valence-electron chi connectivity index (χ2n) is 11.9. The number of hydrogen-bond donors (Lipinski definition) is 2. The normalized spacial score (nSPS) is 22.3. The number of carbonyl (C=O) groups excluding carboxylic acids is 2. The number of nitrogens with two attached hydrogens (primary N) is 1. The molecule has 228 valence electrons. The van der Waals surface area contributed by atoms with E-state index in [0.29, 0.717) is 30.8 Å². The molecule has 1 saturated carbocycles. The Morgan fingerprint density at radius 2 is 1.70 bits per heavy atom. The number of piperidine rings is 1. The van der Waals surface area contributed by atoms with E-state index in [-0.39, 0.29) is 35.8 Å². The molecule has 7 nitrogen and oxygen atoms in total. The Labute approximate surface area is 254 Å². The number of methoxy groups -OCH3 is 1. The van der Waals surface area contributed by atoms with Crippen LogP contribution in [0.3, 0.4) is 0 Å². The summed E-state index contributed by atoms with van der Waals surface area (Å²) in [6.07, 6.45) is 5.56. The van der Waals surface area contributed by atoms with Gasteiger partial charge in [-0.3, -0.25) is 14.5 Å². The maximum Gasteiger partial charge on any atom is 0.254 e. The lowest BCUT2D eigenvalue weighted by Gasteiger charge is -2.43. The van der Waals surface area contributed by atoms with Crippen LogP contribution in [0, 0.1) is 5.82 Å². The van der Waals surface area contributed by atoms with Crippen molar-refractivity contribution in [1.82, 2.24) is 15.1 Å². The van der Waals surface area contributed by atoms with Gasteiger partial charge in [0.15, 0.2) is 0 Å². The second kappa shape index (κ2) is 14.6. The molecule has 1 heterocycles. The summed E-state index contributed by atoms with van der Waals surface area (Å²) in [4.78, 5) is 31.9. The average Bonchev–Trinajstić information content (AvgIpc) is 3.05. The Kier molecular flexibility index (Phi) is 10.4. The van der Waals surface area contributed by atoms with Crippen molar-refractivity contribution in [3.05, 3.63) is 101 Å². The van der Waals surface area contributed by atoms with Gasteiger partial charge in [0.25, 0.3) is 5.91 Å². The summed E-state index contributed by atoms with van der Waals surface area (Å²) < 4.78 is 19.1. The monoisotopic (exact) mass is 586 g/mol. The molecular formula is C35H43FN4O3. The molecule has 0 bridgehead atoms. The van der Waals surface area contributed by atoms with Crippen molar-refractivity contribution in [3.63, 3.8) is 0 Å². The SMILES string of the molecule is COc1cccc(C(=O)N2CCC(N(CCc3ccccc3)Cc3ccc(F)cc3)C[C@@H]2C(=O)NC2CCC(N)CC2)c1. The molecule has 1 saturated heterocycles. The van der Waals surface area contributed by atoms with Crippen LogP contribution in [0.4, 0.5) is 4.39 Å². The van der Waals surface area contributed by atoms with Crippen molar-refractivity contribution in [2.24, 2.45) is 5.73 Å². The first-order valence-corrected chi connectivity index (χ1v) is 15.4. The first-order chi connectivity index (χ1) is 20.9. The molecule has 43 heavy (non-hydrogen) atoms. The molecule has 2 amide bonds. The van der Waals surface area contributed by atoms with Crippen molar-refractivity contribution in [1.29, 1.82) is 0 Å². The first-order valence-electron chi connectivity index (χ1n) is 15.4. The van der Waals surface area contributed by atoms with E-state index >= 15 is 0 Å². The zero-order valence-electron chi connectivity index (χ0n) is 25.0. The van der Waals surface area contributed by atoms with Crippen LogP contribution in [0.1, 0.15) is 60.0 Å². The van der Waals surface area contributed by atoms with Crippen molar-refractivity contribution >= 4 is 11.8 Å². The number of carbonyl (C=O) groups is 2. The molecule has 0 aromatic heterocycles. The smallest absolute Gasteiger partial charge is 0.254 e.